The smallest absolute Gasteiger partial charge is 0.334 e. The molecule has 0 saturated heterocycles. The number of rotatable bonds is 2. The second kappa shape index (κ2) is 3.49. The lowest BCUT2D eigenvalue weighted by molar-refractivity contribution is -0.132. The summed E-state index contributed by atoms with van der Waals surface area (Å²) in [5.41, 5.74) is 0.789. The first kappa shape index (κ1) is 8.74. The predicted molar refractivity (Wildman–Crippen MR) is 50.5 cm³/mol. The van der Waals surface area contributed by atoms with E-state index in [4.69, 9.17) is 9.47 Å². The highest BCUT2D eigenvalue weighted by Gasteiger charge is 2.17. The fourth-order valence-corrected chi connectivity index (χ4v) is 1.19. The third-order valence-electron chi connectivity index (χ3n) is 1.90. The van der Waals surface area contributed by atoms with Crippen LogP contribution in [0.15, 0.2) is 29.3 Å². The summed E-state index contributed by atoms with van der Waals surface area (Å²) in [6.45, 7) is 0.112. The molecule has 0 radical (unpaired) electrons. The zero-order valence-corrected chi connectivity index (χ0v) is 7.69. The van der Waals surface area contributed by atoms with E-state index in [0.29, 0.717) is 5.90 Å². The Bertz CT molecular complexity index is 381. The first-order chi connectivity index (χ1) is 6.79. The number of hydrogen-bond acceptors (Lipinski definition) is 4. The number of aliphatic imine (C=N–C) groups is 1. The minimum atomic E-state index is -0.309. The lowest BCUT2D eigenvalue weighted by Crippen LogP contribution is -2.05. The molecule has 0 saturated carbocycles. The molecule has 0 atom stereocenters. The fourth-order valence-electron chi connectivity index (χ4n) is 1.19. The van der Waals surface area contributed by atoms with E-state index in [1.165, 1.54) is 0 Å². The summed E-state index contributed by atoms with van der Waals surface area (Å²) in [5, 5.41) is 0. The Labute approximate surface area is 81.2 Å². The Balaban J connectivity index is 2.21. The van der Waals surface area contributed by atoms with Gasteiger partial charge in [-0.05, 0) is 24.3 Å². The molecule has 0 N–H and O–H groups in total. The lowest BCUT2D eigenvalue weighted by Gasteiger charge is -2.01. The number of carbonyl (C=O) groups is 1. The van der Waals surface area contributed by atoms with E-state index < -0.39 is 0 Å². The molecule has 4 nitrogen and oxygen atoms in total. The number of nitrogens with zero attached hydrogens (tertiary/aromatic N) is 1. The molecule has 0 amide bonds. The van der Waals surface area contributed by atoms with Gasteiger partial charge in [0.1, 0.15) is 12.3 Å². The SMILES string of the molecule is COc1ccc(C2=NCC(=O)O2)cc1. The van der Waals surface area contributed by atoms with Gasteiger partial charge in [0.25, 0.3) is 0 Å². The van der Waals surface area contributed by atoms with Crippen molar-refractivity contribution in [2.75, 3.05) is 13.7 Å². The molecule has 72 valence electrons. The molecular formula is C10H9NO3. The Morgan fingerprint density at radius 1 is 1.36 bits per heavy atom. The van der Waals surface area contributed by atoms with Crippen LogP contribution in [0.2, 0.25) is 0 Å². The van der Waals surface area contributed by atoms with E-state index in [0.717, 1.165) is 11.3 Å². The highest BCUT2D eigenvalue weighted by molar-refractivity contribution is 6.04. The second-order valence-electron chi connectivity index (χ2n) is 2.82. The largest absolute Gasteiger partial charge is 0.497 e. The Kier molecular flexibility index (Phi) is 2.18. The number of cyclic esters (lactones) is 1. The summed E-state index contributed by atoms with van der Waals surface area (Å²) in [7, 11) is 1.60. The van der Waals surface area contributed by atoms with Gasteiger partial charge in [0.2, 0.25) is 5.90 Å². The molecule has 1 heterocycles. The van der Waals surface area contributed by atoms with E-state index in [2.05, 4.69) is 4.99 Å². The molecule has 2 rings (SSSR count). The summed E-state index contributed by atoms with van der Waals surface area (Å²) in [4.78, 5) is 14.7. The van der Waals surface area contributed by atoms with Crippen LogP contribution in [0.25, 0.3) is 0 Å². The van der Waals surface area contributed by atoms with E-state index in [1.54, 1.807) is 31.4 Å². The maximum Gasteiger partial charge on any atom is 0.334 e. The van der Waals surface area contributed by atoms with E-state index >= 15 is 0 Å². The second-order valence-corrected chi connectivity index (χ2v) is 2.82. The molecule has 14 heavy (non-hydrogen) atoms. The van der Waals surface area contributed by atoms with Crippen LogP contribution < -0.4 is 4.74 Å². The number of methoxy groups -OCH3 is 1. The maximum absolute atomic E-state index is 10.8. The average Bonchev–Trinajstić information content (AvgIpc) is 2.65. The zero-order valence-electron chi connectivity index (χ0n) is 7.69. The van der Waals surface area contributed by atoms with Crippen LogP contribution in [-0.4, -0.2) is 25.5 Å². The van der Waals surface area contributed by atoms with Crippen molar-refractivity contribution in [2.45, 2.75) is 0 Å². The summed E-state index contributed by atoms with van der Waals surface area (Å²) in [5.74, 6) is 0.840. The highest BCUT2D eigenvalue weighted by Crippen LogP contribution is 2.14. The number of esters is 1. The quantitative estimate of drug-likeness (QED) is 0.655. The van der Waals surface area contributed by atoms with Crippen molar-refractivity contribution in [1.82, 2.24) is 0 Å². The first-order valence-corrected chi connectivity index (χ1v) is 4.19. The van der Waals surface area contributed by atoms with Gasteiger partial charge >= 0.3 is 5.97 Å². The van der Waals surface area contributed by atoms with Crippen LogP contribution in [0.1, 0.15) is 5.56 Å². The summed E-state index contributed by atoms with van der Waals surface area (Å²) in [6, 6.07) is 7.19. The standard InChI is InChI=1S/C10H9NO3/c1-13-8-4-2-7(3-5-8)10-11-6-9(12)14-10/h2-5H,6H2,1H3. The van der Waals surface area contributed by atoms with Crippen molar-refractivity contribution in [3.8, 4) is 5.75 Å². The van der Waals surface area contributed by atoms with E-state index in [1.807, 2.05) is 0 Å². The zero-order chi connectivity index (χ0) is 9.97. The van der Waals surface area contributed by atoms with Crippen LogP contribution in [0.3, 0.4) is 0 Å². The molecule has 1 aliphatic heterocycles. The van der Waals surface area contributed by atoms with Gasteiger partial charge in [0, 0.05) is 5.56 Å². The van der Waals surface area contributed by atoms with Crippen LogP contribution in [0, 0.1) is 0 Å². The molecule has 0 bridgehead atoms. The van der Waals surface area contributed by atoms with Gasteiger partial charge in [-0.25, -0.2) is 9.79 Å². The lowest BCUT2D eigenvalue weighted by atomic mass is 10.2. The van der Waals surface area contributed by atoms with Crippen LogP contribution in [0.5, 0.6) is 5.75 Å². The molecule has 0 aliphatic carbocycles. The maximum atomic E-state index is 10.8. The van der Waals surface area contributed by atoms with Gasteiger partial charge in [0.05, 0.1) is 7.11 Å². The van der Waals surface area contributed by atoms with Crippen molar-refractivity contribution < 1.29 is 14.3 Å². The van der Waals surface area contributed by atoms with Gasteiger partial charge < -0.3 is 9.47 Å². The third kappa shape index (κ3) is 1.59. The molecule has 1 aliphatic rings. The van der Waals surface area contributed by atoms with Crippen molar-refractivity contribution >= 4 is 11.9 Å². The van der Waals surface area contributed by atoms with Crippen LogP contribution >= 0.6 is 0 Å². The van der Waals surface area contributed by atoms with Gasteiger partial charge in [0.15, 0.2) is 0 Å². The number of ether oxygens (including phenoxy) is 2. The Morgan fingerprint density at radius 2 is 2.07 bits per heavy atom. The normalized spacial score (nSPS) is 14.9. The number of hydrogen-bond donors (Lipinski definition) is 0. The van der Waals surface area contributed by atoms with E-state index in [9.17, 15) is 4.79 Å². The van der Waals surface area contributed by atoms with Crippen LogP contribution in [0.4, 0.5) is 0 Å². The van der Waals surface area contributed by atoms with Crippen molar-refractivity contribution in [1.29, 1.82) is 0 Å². The summed E-state index contributed by atoms with van der Waals surface area (Å²) >= 11 is 0. The van der Waals surface area contributed by atoms with Gasteiger partial charge in [-0.15, -0.1) is 0 Å². The monoisotopic (exact) mass is 191 g/mol. The average molecular weight is 191 g/mol. The third-order valence-corrected chi connectivity index (χ3v) is 1.90. The topological polar surface area (TPSA) is 47.9 Å². The van der Waals surface area contributed by atoms with Gasteiger partial charge in [-0.1, -0.05) is 0 Å². The van der Waals surface area contributed by atoms with Crippen molar-refractivity contribution in [3.05, 3.63) is 29.8 Å². The summed E-state index contributed by atoms with van der Waals surface area (Å²) < 4.78 is 9.90. The first-order valence-electron chi connectivity index (χ1n) is 4.19. The number of carbonyl (C=O) groups excluding carboxylic acids is 1. The minimum absolute atomic E-state index is 0.112. The van der Waals surface area contributed by atoms with E-state index in [-0.39, 0.29) is 12.5 Å². The molecule has 1 aromatic carbocycles. The molecular weight excluding hydrogens is 182 g/mol. The molecule has 0 spiro atoms. The van der Waals surface area contributed by atoms with Crippen molar-refractivity contribution in [3.63, 3.8) is 0 Å². The predicted octanol–water partition coefficient (Wildman–Crippen LogP) is 0.999. The molecule has 0 unspecified atom stereocenters. The molecule has 4 heteroatoms. The molecule has 1 aromatic rings. The minimum Gasteiger partial charge on any atom is -0.497 e. The molecule has 0 fully saturated rings. The molecule has 0 aromatic heterocycles. The van der Waals surface area contributed by atoms with Crippen molar-refractivity contribution in [2.24, 2.45) is 4.99 Å². The highest BCUT2D eigenvalue weighted by atomic mass is 16.6. The summed E-state index contributed by atoms with van der Waals surface area (Å²) in [6.07, 6.45) is 0. The van der Waals surface area contributed by atoms with Gasteiger partial charge in [-0.2, -0.15) is 0 Å². The Hall–Kier alpha value is -1.84. The fraction of sp³-hybridized carbons (Fsp3) is 0.200. The van der Waals surface area contributed by atoms with Crippen LogP contribution in [-0.2, 0) is 9.53 Å². The Morgan fingerprint density at radius 3 is 2.57 bits per heavy atom. The number of benzene rings is 1. The van der Waals surface area contributed by atoms with Gasteiger partial charge in [-0.3, -0.25) is 0 Å².